The highest BCUT2D eigenvalue weighted by Crippen LogP contribution is 2.26. The van der Waals surface area contributed by atoms with Crippen LogP contribution in [0, 0.1) is 12.3 Å². The molecule has 20 heavy (non-hydrogen) atoms. The van der Waals surface area contributed by atoms with Crippen LogP contribution in [0.5, 0.6) is 0 Å². The molecule has 1 heterocycles. The Balaban J connectivity index is 2.16. The van der Waals surface area contributed by atoms with Gasteiger partial charge in [0.25, 0.3) is 0 Å². The van der Waals surface area contributed by atoms with Gasteiger partial charge in [0, 0.05) is 23.2 Å². The summed E-state index contributed by atoms with van der Waals surface area (Å²) >= 11 is 5.78. The standard InChI is InChI=1S/C16H22ClN3/c1-12-13-7-4-5-8-14(13)15(20-19-12)18-11-16(2,3)9-6-10-17/h4-5,7-8H,6,9-11H2,1-3H3,(H,18,20). The molecule has 2 rings (SSSR count). The second-order valence-electron chi connectivity index (χ2n) is 5.99. The Morgan fingerprint density at radius 1 is 1.15 bits per heavy atom. The van der Waals surface area contributed by atoms with Crippen molar-refractivity contribution in [1.82, 2.24) is 10.2 Å². The summed E-state index contributed by atoms with van der Waals surface area (Å²) in [6.07, 6.45) is 2.14. The first-order chi connectivity index (χ1) is 9.53. The zero-order chi connectivity index (χ0) is 14.6. The fraction of sp³-hybridized carbons (Fsp3) is 0.500. The van der Waals surface area contributed by atoms with Gasteiger partial charge in [-0.05, 0) is 25.2 Å². The highest BCUT2D eigenvalue weighted by molar-refractivity contribution is 6.17. The Kier molecular flexibility index (Phi) is 4.81. The van der Waals surface area contributed by atoms with Crippen LogP contribution >= 0.6 is 11.6 Å². The number of fused-ring (bicyclic) bond motifs is 1. The van der Waals surface area contributed by atoms with Crippen LogP contribution in [-0.2, 0) is 0 Å². The Labute approximate surface area is 125 Å². The molecule has 0 aliphatic rings. The molecule has 1 aromatic heterocycles. The molecule has 0 spiro atoms. The van der Waals surface area contributed by atoms with Crippen molar-refractivity contribution in [2.45, 2.75) is 33.6 Å². The summed E-state index contributed by atoms with van der Waals surface area (Å²) in [5, 5.41) is 14.3. The van der Waals surface area contributed by atoms with Crippen LogP contribution in [0.1, 0.15) is 32.4 Å². The second kappa shape index (κ2) is 6.40. The molecule has 0 bridgehead atoms. The van der Waals surface area contributed by atoms with Gasteiger partial charge in [0.05, 0.1) is 5.69 Å². The molecule has 1 N–H and O–H groups in total. The third kappa shape index (κ3) is 3.60. The lowest BCUT2D eigenvalue weighted by Crippen LogP contribution is -2.24. The summed E-state index contributed by atoms with van der Waals surface area (Å²) < 4.78 is 0. The summed E-state index contributed by atoms with van der Waals surface area (Å²) in [6, 6.07) is 8.24. The van der Waals surface area contributed by atoms with Crippen LogP contribution in [0.25, 0.3) is 10.8 Å². The maximum absolute atomic E-state index is 5.78. The molecule has 108 valence electrons. The molecular weight excluding hydrogens is 270 g/mol. The van der Waals surface area contributed by atoms with Crippen LogP contribution in [0.4, 0.5) is 5.82 Å². The molecule has 0 saturated heterocycles. The molecule has 0 atom stereocenters. The van der Waals surface area contributed by atoms with Gasteiger partial charge < -0.3 is 5.32 Å². The summed E-state index contributed by atoms with van der Waals surface area (Å²) in [6.45, 7) is 7.35. The minimum Gasteiger partial charge on any atom is -0.368 e. The van der Waals surface area contributed by atoms with Crippen LogP contribution < -0.4 is 5.32 Å². The van der Waals surface area contributed by atoms with Gasteiger partial charge in [0.1, 0.15) is 0 Å². The van der Waals surface area contributed by atoms with E-state index in [9.17, 15) is 0 Å². The van der Waals surface area contributed by atoms with Crippen molar-refractivity contribution in [1.29, 1.82) is 0 Å². The summed E-state index contributed by atoms with van der Waals surface area (Å²) in [5.74, 6) is 1.58. The van der Waals surface area contributed by atoms with Crippen LogP contribution in [0.3, 0.4) is 0 Å². The molecule has 3 nitrogen and oxygen atoms in total. The number of hydrogen-bond acceptors (Lipinski definition) is 3. The van der Waals surface area contributed by atoms with E-state index < -0.39 is 0 Å². The Morgan fingerprint density at radius 2 is 1.85 bits per heavy atom. The Hall–Kier alpha value is -1.35. The maximum Gasteiger partial charge on any atom is 0.156 e. The number of nitrogens with one attached hydrogen (secondary N) is 1. The zero-order valence-corrected chi connectivity index (χ0v) is 13.2. The molecular formula is C16H22ClN3. The SMILES string of the molecule is Cc1nnc(NCC(C)(C)CCCCl)c2ccccc12. The van der Waals surface area contributed by atoms with Crippen molar-refractivity contribution >= 4 is 28.2 Å². The summed E-state index contributed by atoms with van der Waals surface area (Å²) in [4.78, 5) is 0. The van der Waals surface area contributed by atoms with Gasteiger partial charge in [-0.15, -0.1) is 16.7 Å². The van der Waals surface area contributed by atoms with E-state index >= 15 is 0 Å². The molecule has 0 fully saturated rings. The van der Waals surface area contributed by atoms with Crippen molar-refractivity contribution in [2.75, 3.05) is 17.7 Å². The van der Waals surface area contributed by atoms with Gasteiger partial charge in [-0.1, -0.05) is 38.1 Å². The molecule has 1 aromatic carbocycles. The molecule has 0 saturated carbocycles. The van der Waals surface area contributed by atoms with E-state index in [0.717, 1.165) is 47.6 Å². The minimum atomic E-state index is 0.197. The zero-order valence-electron chi connectivity index (χ0n) is 12.4. The van der Waals surface area contributed by atoms with Gasteiger partial charge in [-0.25, -0.2) is 0 Å². The average molecular weight is 292 g/mol. The smallest absolute Gasteiger partial charge is 0.156 e. The van der Waals surface area contributed by atoms with Crippen LogP contribution in [-0.4, -0.2) is 22.6 Å². The molecule has 4 heteroatoms. The molecule has 0 amide bonds. The number of rotatable bonds is 6. The first-order valence-corrected chi connectivity index (χ1v) is 7.59. The van der Waals surface area contributed by atoms with Crippen molar-refractivity contribution < 1.29 is 0 Å². The van der Waals surface area contributed by atoms with Crippen LogP contribution in [0.15, 0.2) is 24.3 Å². The van der Waals surface area contributed by atoms with Crippen molar-refractivity contribution in [2.24, 2.45) is 5.41 Å². The summed E-state index contributed by atoms with van der Waals surface area (Å²) in [7, 11) is 0. The highest BCUT2D eigenvalue weighted by atomic mass is 35.5. The van der Waals surface area contributed by atoms with E-state index in [1.165, 1.54) is 0 Å². The molecule has 2 aromatic rings. The molecule has 0 aliphatic heterocycles. The number of anilines is 1. The second-order valence-corrected chi connectivity index (χ2v) is 6.37. The monoisotopic (exact) mass is 291 g/mol. The van der Waals surface area contributed by atoms with E-state index in [0.29, 0.717) is 0 Å². The lowest BCUT2D eigenvalue weighted by Gasteiger charge is -2.25. The fourth-order valence-electron chi connectivity index (χ4n) is 2.33. The average Bonchev–Trinajstić information content (AvgIpc) is 2.45. The first kappa shape index (κ1) is 15.0. The van der Waals surface area contributed by atoms with E-state index in [-0.39, 0.29) is 5.41 Å². The number of nitrogens with zero attached hydrogens (tertiary/aromatic N) is 2. The lowest BCUT2D eigenvalue weighted by molar-refractivity contribution is 0.355. The van der Waals surface area contributed by atoms with Crippen molar-refractivity contribution in [3.05, 3.63) is 30.0 Å². The predicted octanol–water partition coefficient (Wildman–Crippen LogP) is 4.40. The normalized spacial score (nSPS) is 11.8. The minimum absolute atomic E-state index is 0.197. The highest BCUT2D eigenvalue weighted by Gasteiger charge is 2.18. The Morgan fingerprint density at radius 3 is 2.55 bits per heavy atom. The van der Waals surface area contributed by atoms with Gasteiger partial charge in [0.2, 0.25) is 0 Å². The predicted molar refractivity (Wildman–Crippen MR) is 86.5 cm³/mol. The number of aromatic nitrogens is 2. The van der Waals surface area contributed by atoms with E-state index in [4.69, 9.17) is 11.6 Å². The number of alkyl halides is 1. The lowest BCUT2D eigenvalue weighted by atomic mass is 9.88. The third-order valence-corrected chi connectivity index (χ3v) is 3.86. The van der Waals surface area contributed by atoms with Gasteiger partial charge in [-0.2, -0.15) is 5.10 Å². The fourth-order valence-corrected chi connectivity index (χ4v) is 2.46. The summed E-state index contributed by atoms with van der Waals surface area (Å²) in [5.41, 5.74) is 1.16. The Bertz CT molecular complexity index is 581. The number of hydrogen-bond donors (Lipinski definition) is 1. The molecule has 0 unspecified atom stereocenters. The van der Waals surface area contributed by atoms with Gasteiger partial charge in [0.15, 0.2) is 5.82 Å². The number of benzene rings is 1. The van der Waals surface area contributed by atoms with Crippen LogP contribution in [0.2, 0.25) is 0 Å². The van der Waals surface area contributed by atoms with Crippen molar-refractivity contribution in [3.63, 3.8) is 0 Å². The third-order valence-electron chi connectivity index (χ3n) is 3.59. The van der Waals surface area contributed by atoms with Crippen molar-refractivity contribution in [3.8, 4) is 0 Å². The number of halogens is 1. The quantitative estimate of drug-likeness (QED) is 0.802. The molecule has 0 radical (unpaired) electrons. The van der Waals surface area contributed by atoms with Gasteiger partial charge in [-0.3, -0.25) is 0 Å². The number of aryl methyl sites for hydroxylation is 1. The van der Waals surface area contributed by atoms with Gasteiger partial charge >= 0.3 is 0 Å². The molecule has 0 aliphatic carbocycles. The van der Waals surface area contributed by atoms with E-state index in [1.54, 1.807) is 0 Å². The van der Waals surface area contributed by atoms with E-state index in [2.05, 4.69) is 41.5 Å². The first-order valence-electron chi connectivity index (χ1n) is 7.05. The largest absolute Gasteiger partial charge is 0.368 e. The van der Waals surface area contributed by atoms with E-state index in [1.807, 2.05) is 19.1 Å². The maximum atomic E-state index is 5.78. The topological polar surface area (TPSA) is 37.8 Å².